The molecule has 5 nitrogen and oxygen atoms in total. The van der Waals surface area contributed by atoms with Crippen LogP contribution >= 0.6 is 0 Å². The maximum Gasteiger partial charge on any atom is 0.251 e. The lowest BCUT2D eigenvalue weighted by Gasteiger charge is -2.27. The Morgan fingerprint density at radius 2 is 2.20 bits per heavy atom. The Morgan fingerprint density at radius 3 is 2.95 bits per heavy atom. The van der Waals surface area contributed by atoms with E-state index in [4.69, 9.17) is 5.11 Å². The average Bonchev–Trinajstić information content (AvgIpc) is 2.95. The Bertz CT molecular complexity index is 600. The number of carbonyl (C=O) groups is 1. The number of amides is 1. The first kappa shape index (κ1) is 13.1. The van der Waals surface area contributed by atoms with Crippen LogP contribution in [-0.2, 0) is 0 Å². The molecule has 0 spiro atoms. The summed E-state index contributed by atoms with van der Waals surface area (Å²) in [6.07, 6.45) is 9.18. The molecular weight excluding hydrogens is 254 g/mol. The van der Waals surface area contributed by atoms with Gasteiger partial charge in [-0.3, -0.25) is 4.79 Å². The van der Waals surface area contributed by atoms with Crippen LogP contribution < -0.4 is 5.32 Å². The summed E-state index contributed by atoms with van der Waals surface area (Å²) in [6.45, 7) is 0.262. The lowest BCUT2D eigenvalue weighted by atomic mass is 9.86. The molecule has 0 aliphatic heterocycles. The summed E-state index contributed by atoms with van der Waals surface area (Å²) in [4.78, 5) is 16.3. The molecule has 2 aromatic rings. The lowest BCUT2D eigenvalue weighted by molar-refractivity contribution is 0.0914. The van der Waals surface area contributed by atoms with Crippen molar-refractivity contribution in [1.29, 1.82) is 0 Å². The van der Waals surface area contributed by atoms with Crippen LogP contribution in [0.3, 0.4) is 0 Å². The Kier molecular flexibility index (Phi) is 3.69. The highest BCUT2D eigenvalue weighted by molar-refractivity contribution is 5.95. The summed E-state index contributed by atoms with van der Waals surface area (Å²) >= 11 is 0. The minimum atomic E-state index is -0.0267. The first-order valence-corrected chi connectivity index (χ1v) is 7.09. The van der Waals surface area contributed by atoms with Gasteiger partial charge in [-0.2, -0.15) is 0 Å². The second kappa shape index (κ2) is 5.63. The summed E-state index contributed by atoms with van der Waals surface area (Å²) in [5.41, 5.74) is 1.59. The fourth-order valence-corrected chi connectivity index (χ4v) is 2.82. The molecule has 2 N–H and O–H groups in total. The second-order valence-corrected chi connectivity index (χ2v) is 5.51. The average molecular weight is 273 g/mol. The maximum absolute atomic E-state index is 12.2. The molecule has 0 saturated heterocycles. The van der Waals surface area contributed by atoms with Crippen molar-refractivity contribution < 1.29 is 9.90 Å². The number of aliphatic hydroxyl groups excluding tert-OH is 1. The minimum Gasteiger partial charge on any atom is -0.396 e. The second-order valence-electron chi connectivity index (χ2n) is 5.51. The number of pyridine rings is 1. The number of rotatable bonds is 3. The molecule has 1 amide bonds. The highest BCUT2D eigenvalue weighted by atomic mass is 16.3. The van der Waals surface area contributed by atoms with Crippen LogP contribution in [-0.4, -0.2) is 33.0 Å². The van der Waals surface area contributed by atoms with Gasteiger partial charge in [0.05, 0.1) is 18.0 Å². The third-order valence-electron chi connectivity index (χ3n) is 4.12. The molecule has 3 rings (SSSR count). The number of aromatic nitrogens is 2. The van der Waals surface area contributed by atoms with Crippen LogP contribution in [0.4, 0.5) is 0 Å². The third-order valence-corrected chi connectivity index (χ3v) is 4.12. The van der Waals surface area contributed by atoms with Gasteiger partial charge in [0.1, 0.15) is 0 Å². The zero-order valence-corrected chi connectivity index (χ0v) is 11.3. The van der Waals surface area contributed by atoms with Crippen molar-refractivity contribution in [1.82, 2.24) is 14.7 Å². The van der Waals surface area contributed by atoms with Crippen molar-refractivity contribution in [3.05, 3.63) is 36.4 Å². The first-order chi connectivity index (χ1) is 9.76. The molecule has 1 aliphatic carbocycles. The number of aliphatic hydroxyl groups is 1. The number of nitrogens with one attached hydrogen (secondary N) is 1. The number of hydrogen-bond acceptors (Lipinski definition) is 3. The molecule has 2 aromatic heterocycles. The predicted octanol–water partition coefficient (Wildman–Crippen LogP) is 1.62. The van der Waals surface area contributed by atoms with Crippen molar-refractivity contribution >= 4 is 11.4 Å². The van der Waals surface area contributed by atoms with Crippen LogP contribution in [0.1, 0.15) is 36.0 Å². The fraction of sp³-hybridized carbons (Fsp3) is 0.467. The molecule has 1 aliphatic rings. The van der Waals surface area contributed by atoms with Gasteiger partial charge < -0.3 is 14.8 Å². The normalized spacial score (nSPS) is 22.9. The number of imidazole rings is 1. The van der Waals surface area contributed by atoms with E-state index in [1.807, 2.05) is 22.7 Å². The monoisotopic (exact) mass is 273 g/mol. The Morgan fingerprint density at radius 1 is 1.40 bits per heavy atom. The van der Waals surface area contributed by atoms with E-state index in [1.165, 1.54) is 0 Å². The fourth-order valence-electron chi connectivity index (χ4n) is 2.82. The number of fused-ring (bicyclic) bond motifs is 1. The van der Waals surface area contributed by atoms with Crippen molar-refractivity contribution in [3.8, 4) is 0 Å². The van der Waals surface area contributed by atoms with E-state index in [0.717, 1.165) is 31.2 Å². The lowest BCUT2D eigenvalue weighted by Crippen LogP contribution is -2.38. The quantitative estimate of drug-likeness (QED) is 0.893. The van der Waals surface area contributed by atoms with E-state index in [9.17, 15) is 4.79 Å². The van der Waals surface area contributed by atoms with Crippen molar-refractivity contribution in [2.24, 2.45) is 5.92 Å². The molecule has 0 unspecified atom stereocenters. The topological polar surface area (TPSA) is 66.6 Å². The molecule has 0 bridgehead atoms. The van der Waals surface area contributed by atoms with Gasteiger partial charge in [0.2, 0.25) is 0 Å². The minimum absolute atomic E-state index is 0.0267. The Labute approximate surface area is 117 Å². The molecular formula is C15H19N3O2. The van der Waals surface area contributed by atoms with Gasteiger partial charge in [-0.05, 0) is 43.7 Å². The van der Waals surface area contributed by atoms with Gasteiger partial charge >= 0.3 is 0 Å². The van der Waals surface area contributed by atoms with Crippen LogP contribution in [0.2, 0.25) is 0 Å². The molecule has 5 heteroatoms. The number of carbonyl (C=O) groups excluding carboxylic acids is 1. The predicted molar refractivity (Wildman–Crippen MR) is 75.5 cm³/mol. The van der Waals surface area contributed by atoms with E-state index in [-0.39, 0.29) is 18.6 Å². The number of hydrogen-bond donors (Lipinski definition) is 2. The van der Waals surface area contributed by atoms with Gasteiger partial charge in [0.15, 0.2) is 0 Å². The Hall–Kier alpha value is -1.88. The summed E-state index contributed by atoms with van der Waals surface area (Å²) in [5, 5.41) is 12.2. The van der Waals surface area contributed by atoms with E-state index >= 15 is 0 Å². The maximum atomic E-state index is 12.2. The van der Waals surface area contributed by atoms with Crippen molar-refractivity contribution in [2.75, 3.05) is 6.61 Å². The van der Waals surface area contributed by atoms with Gasteiger partial charge in [-0.25, -0.2) is 4.98 Å². The van der Waals surface area contributed by atoms with Crippen LogP contribution in [0.15, 0.2) is 30.9 Å². The standard InChI is InChI=1S/C15H19N3O2/c19-9-11-1-3-13(4-2-11)17-15(20)12-5-6-18-10-16-8-14(18)7-12/h5-8,10-11,13,19H,1-4,9H2,(H,17,20). The Balaban J connectivity index is 1.64. The van der Waals surface area contributed by atoms with E-state index in [0.29, 0.717) is 11.5 Å². The van der Waals surface area contributed by atoms with Crippen LogP contribution in [0.25, 0.3) is 5.52 Å². The van der Waals surface area contributed by atoms with Crippen molar-refractivity contribution in [2.45, 2.75) is 31.7 Å². The molecule has 106 valence electrons. The van der Waals surface area contributed by atoms with Gasteiger partial charge in [-0.1, -0.05) is 0 Å². The molecule has 1 fully saturated rings. The van der Waals surface area contributed by atoms with Gasteiger partial charge in [0.25, 0.3) is 5.91 Å². The first-order valence-electron chi connectivity index (χ1n) is 7.09. The molecule has 0 aromatic carbocycles. The van der Waals surface area contributed by atoms with Crippen LogP contribution in [0.5, 0.6) is 0 Å². The van der Waals surface area contributed by atoms with Crippen molar-refractivity contribution in [3.63, 3.8) is 0 Å². The molecule has 20 heavy (non-hydrogen) atoms. The summed E-state index contributed by atoms with van der Waals surface area (Å²) in [6, 6.07) is 3.89. The van der Waals surface area contributed by atoms with E-state index in [1.54, 1.807) is 12.5 Å². The molecule has 0 atom stereocenters. The summed E-state index contributed by atoms with van der Waals surface area (Å²) in [5.74, 6) is 0.382. The van der Waals surface area contributed by atoms with Crippen LogP contribution in [0, 0.1) is 5.92 Å². The summed E-state index contributed by atoms with van der Waals surface area (Å²) < 4.78 is 1.88. The largest absolute Gasteiger partial charge is 0.396 e. The summed E-state index contributed by atoms with van der Waals surface area (Å²) in [7, 11) is 0. The van der Waals surface area contributed by atoms with E-state index < -0.39 is 0 Å². The van der Waals surface area contributed by atoms with Gasteiger partial charge in [0, 0.05) is 24.4 Å². The number of nitrogens with zero attached hydrogens (tertiary/aromatic N) is 2. The third kappa shape index (κ3) is 2.67. The highest BCUT2D eigenvalue weighted by Gasteiger charge is 2.22. The van der Waals surface area contributed by atoms with E-state index in [2.05, 4.69) is 10.3 Å². The molecule has 2 heterocycles. The highest BCUT2D eigenvalue weighted by Crippen LogP contribution is 2.23. The zero-order valence-electron chi connectivity index (χ0n) is 11.3. The molecule has 0 radical (unpaired) electrons. The smallest absolute Gasteiger partial charge is 0.251 e. The molecule has 1 saturated carbocycles. The zero-order chi connectivity index (χ0) is 13.9. The SMILES string of the molecule is O=C(NC1CCC(CO)CC1)c1ccn2cncc2c1. The van der Waals surface area contributed by atoms with Gasteiger partial charge in [-0.15, -0.1) is 0 Å².